The van der Waals surface area contributed by atoms with Gasteiger partial charge in [0, 0.05) is 13.6 Å². The highest BCUT2D eigenvalue weighted by Gasteiger charge is 2.33. The third-order valence-corrected chi connectivity index (χ3v) is 3.83. The lowest BCUT2D eigenvalue weighted by Crippen LogP contribution is -2.19. The van der Waals surface area contributed by atoms with Crippen LogP contribution in [0.4, 0.5) is 18.3 Å². The summed E-state index contributed by atoms with van der Waals surface area (Å²) in [6.07, 6.45) is -2.65. The monoisotopic (exact) mass is 286 g/mol. The van der Waals surface area contributed by atoms with Gasteiger partial charge >= 0.3 is 6.18 Å². The van der Waals surface area contributed by atoms with Gasteiger partial charge in [0.25, 0.3) is 0 Å². The summed E-state index contributed by atoms with van der Waals surface area (Å²) in [5.41, 5.74) is 1.15. The highest BCUT2D eigenvalue weighted by atomic mass is 32.1. The first-order valence-electron chi connectivity index (χ1n) is 5.75. The second-order valence-electron chi connectivity index (χ2n) is 4.16. The van der Waals surface area contributed by atoms with Crippen molar-refractivity contribution in [1.82, 2.24) is 4.98 Å². The summed E-state index contributed by atoms with van der Waals surface area (Å²) in [6, 6.07) is 9.82. The van der Waals surface area contributed by atoms with Gasteiger partial charge in [0.05, 0.1) is 6.20 Å². The maximum Gasteiger partial charge on any atom is 0.427 e. The van der Waals surface area contributed by atoms with Gasteiger partial charge in [-0.1, -0.05) is 41.7 Å². The summed E-state index contributed by atoms with van der Waals surface area (Å²) < 4.78 is 37.4. The van der Waals surface area contributed by atoms with Crippen molar-refractivity contribution in [2.45, 2.75) is 12.6 Å². The SMILES string of the molecule is CN(CCc1ccccc1)c1ncc(C(F)(F)F)s1. The van der Waals surface area contributed by atoms with Crippen molar-refractivity contribution in [3.63, 3.8) is 0 Å². The average molecular weight is 286 g/mol. The Morgan fingerprint density at radius 2 is 1.89 bits per heavy atom. The molecule has 0 fully saturated rings. The quantitative estimate of drug-likeness (QED) is 0.849. The molecule has 102 valence electrons. The van der Waals surface area contributed by atoms with Gasteiger partial charge in [-0.15, -0.1) is 0 Å². The molecule has 0 atom stereocenters. The van der Waals surface area contributed by atoms with E-state index in [9.17, 15) is 13.2 Å². The van der Waals surface area contributed by atoms with Crippen molar-refractivity contribution in [1.29, 1.82) is 0 Å². The van der Waals surface area contributed by atoms with Gasteiger partial charge in [-0.05, 0) is 12.0 Å². The van der Waals surface area contributed by atoms with Crippen LogP contribution in [0.1, 0.15) is 10.4 Å². The van der Waals surface area contributed by atoms with E-state index in [4.69, 9.17) is 0 Å². The highest BCUT2D eigenvalue weighted by Crippen LogP contribution is 2.35. The molecule has 1 heterocycles. The lowest BCUT2D eigenvalue weighted by molar-refractivity contribution is -0.134. The Balaban J connectivity index is 1.97. The predicted octanol–water partition coefficient (Wildman–Crippen LogP) is 3.84. The number of likely N-dealkylation sites (N-methyl/N-ethyl adjacent to an activating group) is 1. The van der Waals surface area contributed by atoms with E-state index in [2.05, 4.69) is 4.98 Å². The third kappa shape index (κ3) is 3.70. The molecule has 2 nitrogen and oxygen atoms in total. The first kappa shape index (κ1) is 13.9. The summed E-state index contributed by atoms with van der Waals surface area (Å²) in [5, 5.41) is 0.392. The number of alkyl halides is 3. The Morgan fingerprint density at radius 1 is 1.21 bits per heavy atom. The molecule has 19 heavy (non-hydrogen) atoms. The molecule has 0 spiro atoms. The Kier molecular flexibility index (Phi) is 4.09. The van der Waals surface area contributed by atoms with Crippen molar-refractivity contribution < 1.29 is 13.2 Å². The summed E-state index contributed by atoms with van der Waals surface area (Å²) in [7, 11) is 1.75. The molecule has 1 aromatic carbocycles. The van der Waals surface area contributed by atoms with Crippen LogP contribution in [0.2, 0.25) is 0 Å². The van der Waals surface area contributed by atoms with E-state index in [0.717, 1.165) is 18.2 Å². The Labute approximate surface area is 113 Å². The maximum absolute atomic E-state index is 12.5. The van der Waals surface area contributed by atoms with Gasteiger partial charge in [-0.2, -0.15) is 13.2 Å². The maximum atomic E-state index is 12.5. The minimum atomic E-state index is -4.31. The lowest BCUT2D eigenvalue weighted by atomic mass is 10.1. The first-order chi connectivity index (χ1) is 8.97. The molecule has 0 aliphatic heterocycles. The molecule has 0 amide bonds. The van der Waals surface area contributed by atoms with Crippen LogP contribution in [0.25, 0.3) is 0 Å². The van der Waals surface area contributed by atoms with Crippen LogP contribution in [0.15, 0.2) is 36.5 Å². The number of anilines is 1. The molecule has 6 heteroatoms. The topological polar surface area (TPSA) is 16.1 Å². The van der Waals surface area contributed by atoms with E-state index < -0.39 is 11.1 Å². The van der Waals surface area contributed by atoms with Crippen molar-refractivity contribution in [3.05, 3.63) is 47.0 Å². The molecule has 0 bridgehead atoms. The van der Waals surface area contributed by atoms with Gasteiger partial charge in [0.2, 0.25) is 0 Å². The minimum Gasteiger partial charge on any atom is -0.351 e. The second kappa shape index (κ2) is 5.61. The van der Waals surface area contributed by atoms with Gasteiger partial charge in [-0.25, -0.2) is 4.98 Å². The van der Waals surface area contributed by atoms with Crippen LogP contribution in [0, 0.1) is 0 Å². The first-order valence-corrected chi connectivity index (χ1v) is 6.56. The van der Waals surface area contributed by atoms with E-state index in [1.54, 1.807) is 11.9 Å². The predicted molar refractivity (Wildman–Crippen MR) is 70.5 cm³/mol. The fourth-order valence-electron chi connectivity index (χ4n) is 1.61. The number of thiazole rings is 1. The van der Waals surface area contributed by atoms with Crippen LogP contribution >= 0.6 is 11.3 Å². The molecule has 0 N–H and O–H groups in total. The summed E-state index contributed by atoms with van der Waals surface area (Å²) in [4.78, 5) is 4.90. The highest BCUT2D eigenvalue weighted by molar-refractivity contribution is 7.15. The molecular formula is C13H13F3N2S. The number of hydrogen-bond donors (Lipinski definition) is 0. The molecule has 1 aromatic heterocycles. The van der Waals surface area contributed by atoms with E-state index in [1.807, 2.05) is 30.3 Å². The normalized spacial score (nSPS) is 11.6. The summed E-state index contributed by atoms with van der Waals surface area (Å²) in [5.74, 6) is 0. The third-order valence-electron chi connectivity index (χ3n) is 2.68. The smallest absolute Gasteiger partial charge is 0.351 e. The van der Waals surface area contributed by atoms with Crippen molar-refractivity contribution in [3.8, 4) is 0 Å². The van der Waals surface area contributed by atoms with Crippen molar-refractivity contribution in [2.75, 3.05) is 18.5 Å². The molecule has 0 saturated heterocycles. The van der Waals surface area contributed by atoms with Crippen LogP contribution in [0.3, 0.4) is 0 Å². The zero-order valence-electron chi connectivity index (χ0n) is 10.3. The van der Waals surface area contributed by atoms with Crippen LogP contribution in [-0.4, -0.2) is 18.6 Å². The molecule has 0 saturated carbocycles. The van der Waals surface area contributed by atoms with Gasteiger partial charge < -0.3 is 4.90 Å². The largest absolute Gasteiger partial charge is 0.427 e. The molecule has 2 aromatic rings. The van der Waals surface area contributed by atoms with E-state index in [1.165, 1.54) is 0 Å². The standard InChI is InChI=1S/C13H13F3N2S/c1-18(8-7-10-5-3-2-4-6-10)12-17-9-11(19-12)13(14,15)16/h2-6,9H,7-8H2,1H3. The van der Waals surface area contributed by atoms with Crippen LogP contribution < -0.4 is 4.90 Å². The Bertz CT molecular complexity index is 522. The number of benzene rings is 1. The number of hydrogen-bond acceptors (Lipinski definition) is 3. The molecular weight excluding hydrogens is 273 g/mol. The Morgan fingerprint density at radius 3 is 2.47 bits per heavy atom. The zero-order chi connectivity index (χ0) is 13.9. The summed E-state index contributed by atoms with van der Waals surface area (Å²) >= 11 is 0.673. The Hall–Kier alpha value is -1.56. The number of rotatable bonds is 4. The zero-order valence-corrected chi connectivity index (χ0v) is 11.1. The second-order valence-corrected chi connectivity index (χ2v) is 5.17. The molecule has 2 rings (SSSR count). The van der Waals surface area contributed by atoms with E-state index in [-0.39, 0.29) is 0 Å². The van der Waals surface area contributed by atoms with Gasteiger partial charge in [0.15, 0.2) is 5.13 Å². The van der Waals surface area contributed by atoms with Gasteiger partial charge in [-0.3, -0.25) is 0 Å². The molecule has 0 radical (unpaired) electrons. The fraction of sp³-hybridized carbons (Fsp3) is 0.308. The van der Waals surface area contributed by atoms with Crippen molar-refractivity contribution in [2.24, 2.45) is 0 Å². The molecule has 0 aliphatic rings. The number of nitrogens with zero attached hydrogens (tertiary/aromatic N) is 2. The van der Waals surface area contributed by atoms with Crippen LogP contribution in [-0.2, 0) is 12.6 Å². The summed E-state index contributed by atoms with van der Waals surface area (Å²) in [6.45, 7) is 0.634. The minimum absolute atomic E-state index is 0.392. The van der Waals surface area contributed by atoms with Crippen LogP contribution in [0.5, 0.6) is 0 Å². The lowest BCUT2D eigenvalue weighted by Gasteiger charge is -2.15. The van der Waals surface area contributed by atoms with E-state index >= 15 is 0 Å². The average Bonchev–Trinajstić information content (AvgIpc) is 2.87. The molecule has 0 aliphatic carbocycles. The molecule has 0 unspecified atom stereocenters. The number of aromatic nitrogens is 1. The van der Waals surface area contributed by atoms with Crippen molar-refractivity contribution >= 4 is 16.5 Å². The van der Waals surface area contributed by atoms with Gasteiger partial charge in [0.1, 0.15) is 4.88 Å². The number of halogens is 3. The van der Waals surface area contributed by atoms with E-state index in [0.29, 0.717) is 23.0 Å². The fourth-order valence-corrected chi connectivity index (χ4v) is 2.38.